The lowest BCUT2D eigenvalue weighted by Crippen LogP contribution is -2.12. The molecule has 0 aliphatic rings. The average Bonchev–Trinajstić information content (AvgIpc) is 2.97. The second-order valence-corrected chi connectivity index (χ2v) is 5.97. The van der Waals surface area contributed by atoms with Gasteiger partial charge in [0.25, 0.3) is 5.91 Å². The Balaban J connectivity index is 1.85. The number of rotatable bonds is 4. The van der Waals surface area contributed by atoms with Crippen molar-refractivity contribution < 1.29 is 4.79 Å². The molecule has 21 heavy (non-hydrogen) atoms. The van der Waals surface area contributed by atoms with Crippen molar-refractivity contribution in [3.05, 3.63) is 60.3 Å². The van der Waals surface area contributed by atoms with E-state index in [1.165, 1.54) is 0 Å². The van der Waals surface area contributed by atoms with Crippen LogP contribution >= 0.6 is 11.8 Å². The number of carbonyl (C=O) groups is 1. The standard InChI is InChI=1S/C17H16N2OS/c1-2-21-16-6-4-3-5-14(16)19-17(20)13-8-7-12-9-10-18-15(12)11-13/h3-11,18H,2H2,1H3,(H,19,20). The molecule has 3 rings (SSSR count). The molecule has 0 saturated carbocycles. The van der Waals surface area contributed by atoms with Crippen LogP contribution in [-0.2, 0) is 0 Å². The molecule has 0 aliphatic carbocycles. The lowest BCUT2D eigenvalue weighted by Gasteiger charge is -2.10. The Bertz CT molecular complexity index is 779. The number of aromatic amines is 1. The van der Waals surface area contributed by atoms with Gasteiger partial charge in [0.15, 0.2) is 0 Å². The first kappa shape index (κ1) is 13.8. The normalized spacial score (nSPS) is 10.7. The van der Waals surface area contributed by atoms with Gasteiger partial charge in [0.2, 0.25) is 0 Å². The Labute approximate surface area is 127 Å². The van der Waals surface area contributed by atoms with Gasteiger partial charge in [-0.25, -0.2) is 0 Å². The van der Waals surface area contributed by atoms with E-state index in [-0.39, 0.29) is 5.91 Å². The second-order valence-electron chi connectivity index (χ2n) is 4.66. The van der Waals surface area contributed by atoms with E-state index >= 15 is 0 Å². The van der Waals surface area contributed by atoms with Crippen molar-refractivity contribution in [1.82, 2.24) is 4.98 Å². The Morgan fingerprint density at radius 2 is 2.05 bits per heavy atom. The molecule has 0 saturated heterocycles. The molecule has 106 valence electrons. The van der Waals surface area contributed by atoms with E-state index in [0.29, 0.717) is 5.56 Å². The van der Waals surface area contributed by atoms with Crippen molar-refractivity contribution in [2.45, 2.75) is 11.8 Å². The van der Waals surface area contributed by atoms with Crippen LogP contribution in [0.3, 0.4) is 0 Å². The largest absolute Gasteiger partial charge is 0.361 e. The van der Waals surface area contributed by atoms with E-state index in [4.69, 9.17) is 0 Å². The van der Waals surface area contributed by atoms with Crippen LogP contribution in [0.2, 0.25) is 0 Å². The molecule has 0 aliphatic heterocycles. The Morgan fingerprint density at radius 1 is 1.19 bits per heavy atom. The molecule has 0 fully saturated rings. The number of carbonyl (C=O) groups excluding carboxylic acids is 1. The highest BCUT2D eigenvalue weighted by atomic mass is 32.2. The van der Waals surface area contributed by atoms with Crippen molar-refractivity contribution >= 4 is 34.3 Å². The number of amides is 1. The highest BCUT2D eigenvalue weighted by Crippen LogP contribution is 2.27. The van der Waals surface area contributed by atoms with Crippen molar-refractivity contribution in [1.29, 1.82) is 0 Å². The minimum absolute atomic E-state index is 0.0874. The number of fused-ring (bicyclic) bond motifs is 1. The van der Waals surface area contributed by atoms with Crippen LogP contribution in [0.4, 0.5) is 5.69 Å². The Hall–Kier alpha value is -2.20. The number of hydrogen-bond donors (Lipinski definition) is 2. The molecule has 2 N–H and O–H groups in total. The predicted octanol–water partition coefficient (Wildman–Crippen LogP) is 4.53. The molecule has 1 aromatic heterocycles. The molecule has 4 heteroatoms. The summed E-state index contributed by atoms with van der Waals surface area (Å²) < 4.78 is 0. The second kappa shape index (κ2) is 6.06. The summed E-state index contributed by atoms with van der Waals surface area (Å²) in [7, 11) is 0. The number of aromatic nitrogens is 1. The van der Waals surface area contributed by atoms with Gasteiger partial charge in [0, 0.05) is 22.2 Å². The van der Waals surface area contributed by atoms with Gasteiger partial charge < -0.3 is 10.3 Å². The molecular weight excluding hydrogens is 280 g/mol. The summed E-state index contributed by atoms with van der Waals surface area (Å²) in [6.45, 7) is 2.10. The molecule has 0 atom stereocenters. The molecule has 2 aromatic carbocycles. The lowest BCUT2D eigenvalue weighted by molar-refractivity contribution is 0.102. The monoisotopic (exact) mass is 296 g/mol. The zero-order valence-corrected chi connectivity index (χ0v) is 12.5. The number of hydrogen-bond acceptors (Lipinski definition) is 2. The third-order valence-electron chi connectivity index (χ3n) is 3.25. The third-order valence-corrected chi connectivity index (χ3v) is 4.21. The average molecular weight is 296 g/mol. The number of para-hydroxylation sites is 1. The zero-order chi connectivity index (χ0) is 14.7. The fourth-order valence-electron chi connectivity index (χ4n) is 2.23. The summed E-state index contributed by atoms with van der Waals surface area (Å²) in [6.07, 6.45) is 1.87. The summed E-state index contributed by atoms with van der Waals surface area (Å²) in [4.78, 5) is 16.6. The molecule has 1 heterocycles. The summed E-state index contributed by atoms with van der Waals surface area (Å²) in [5, 5.41) is 4.10. The minimum Gasteiger partial charge on any atom is -0.361 e. The molecule has 0 radical (unpaired) electrons. The minimum atomic E-state index is -0.0874. The molecule has 0 spiro atoms. The highest BCUT2D eigenvalue weighted by Gasteiger charge is 2.09. The van der Waals surface area contributed by atoms with Gasteiger partial charge in [-0.2, -0.15) is 0 Å². The molecular formula is C17H16N2OS. The van der Waals surface area contributed by atoms with Gasteiger partial charge in [-0.05, 0) is 41.5 Å². The van der Waals surface area contributed by atoms with Gasteiger partial charge in [0.05, 0.1) is 5.69 Å². The molecule has 0 bridgehead atoms. The number of anilines is 1. The van der Waals surface area contributed by atoms with E-state index in [1.54, 1.807) is 11.8 Å². The summed E-state index contributed by atoms with van der Waals surface area (Å²) in [5.41, 5.74) is 2.49. The SMILES string of the molecule is CCSc1ccccc1NC(=O)c1ccc2cc[nH]c2c1. The maximum atomic E-state index is 12.4. The van der Waals surface area contributed by atoms with Crippen LogP contribution < -0.4 is 5.32 Å². The van der Waals surface area contributed by atoms with Gasteiger partial charge in [-0.1, -0.05) is 25.1 Å². The topological polar surface area (TPSA) is 44.9 Å². The van der Waals surface area contributed by atoms with Crippen LogP contribution in [0.25, 0.3) is 10.9 Å². The summed E-state index contributed by atoms with van der Waals surface area (Å²) in [6, 6.07) is 15.5. The van der Waals surface area contributed by atoms with Crippen LogP contribution in [0.1, 0.15) is 17.3 Å². The maximum Gasteiger partial charge on any atom is 0.255 e. The van der Waals surface area contributed by atoms with Gasteiger partial charge in [-0.15, -0.1) is 11.8 Å². The fraction of sp³-hybridized carbons (Fsp3) is 0.118. The van der Waals surface area contributed by atoms with Crippen LogP contribution in [0.5, 0.6) is 0 Å². The van der Waals surface area contributed by atoms with Gasteiger partial charge in [-0.3, -0.25) is 4.79 Å². The van der Waals surface area contributed by atoms with Crippen LogP contribution in [0.15, 0.2) is 59.6 Å². The van der Waals surface area contributed by atoms with Gasteiger partial charge in [0.1, 0.15) is 0 Å². The maximum absolute atomic E-state index is 12.4. The number of thioether (sulfide) groups is 1. The van der Waals surface area contributed by atoms with Crippen LogP contribution in [-0.4, -0.2) is 16.6 Å². The molecule has 0 unspecified atom stereocenters. The molecule has 3 nitrogen and oxygen atoms in total. The fourth-order valence-corrected chi connectivity index (χ4v) is 3.00. The third kappa shape index (κ3) is 2.95. The van der Waals surface area contributed by atoms with E-state index in [1.807, 2.05) is 54.7 Å². The van der Waals surface area contributed by atoms with E-state index in [0.717, 1.165) is 27.2 Å². The Morgan fingerprint density at radius 3 is 2.90 bits per heavy atom. The number of nitrogens with one attached hydrogen (secondary N) is 2. The predicted molar refractivity (Wildman–Crippen MR) is 89.1 cm³/mol. The van der Waals surface area contributed by atoms with Crippen molar-refractivity contribution in [2.24, 2.45) is 0 Å². The zero-order valence-electron chi connectivity index (χ0n) is 11.7. The highest BCUT2D eigenvalue weighted by molar-refractivity contribution is 7.99. The quantitative estimate of drug-likeness (QED) is 0.695. The van der Waals surface area contributed by atoms with Crippen molar-refractivity contribution in [2.75, 3.05) is 11.1 Å². The molecule has 3 aromatic rings. The van der Waals surface area contributed by atoms with Gasteiger partial charge >= 0.3 is 0 Å². The van der Waals surface area contributed by atoms with E-state index < -0.39 is 0 Å². The first-order chi connectivity index (χ1) is 10.3. The smallest absolute Gasteiger partial charge is 0.255 e. The summed E-state index contributed by atoms with van der Waals surface area (Å²) >= 11 is 1.72. The van der Waals surface area contributed by atoms with E-state index in [9.17, 15) is 4.79 Å². The van der Waals surface area contributed by atoms with Crippen LogP contribution in [0, 0.1) is 0 Å². The first-order valence-electron chi connectivity index (χ1n) is 6.88. The van der Waals surface area contributed by atoms with E-state index in [2.05, 4.69) is 17.2 Å². The number of benzene rings is 2. The first-order valence-corrected chi connectivity index (χ1v) is 7.87. The van der Waals surface area contributed by atoms with Crippen molar-refractivity contribution in [3.8, 4) is 0 Å². The number of H-pyrrole nitrogens is 1. The Kier molecular flexibility index (Phi) is 3.97. The summed E-state index contributed by atoms with van der Waals surface area (Å²) in [5.74, 6) is 0.886. The molecule has 1 amide bonds. The lowest BCUT2D eigenvalue weighted by atomic mass is 10.1. The van der Waals surface area contributed by atoms with Crippen molar-refractivity contribution in [3.63, 3.8) is 0 Å².